The van der Waals surface area contributed by atoms with E-state index in [1.807, 2.05) is 16.1 Å². The molecule has 28 heavy (non-hydrogen) atoms. The lowest BCUT2D eigenvalue weighted by atomic mass is 9.97. The number of aromatic nitrogens is 3. The van der Waals surface area contributed by atoms with Crippen LogP contribution in [0.5, 0.6) is 0 Å². The lowest BCUT2D eigenvalue weighted by Gasteiger charge is -2.31. The molecule has 0 saturated carbocycles. The Morgan fingerprint density at radius 3 is 3.04 bits per heavy atom. The van der Waals surface area contributed by atoms with Crippen molar-refractivity contribution < 1.29 is 9.18 Å². The smallest absolute Gasteiger partial charge is 0.253 e. The van der Waals surface area contributed by atoms with Crippen molar-refractivity contribution in [3.63, 3.8) is 0 Å². The van der Waals surface area contributed by atoms with Crippen molar-refractivity contribution in [1.82, 2.24) is 14.5 Å². The third kappa shape index (κ3) is 4.17. The molecule has 8 heteroatoms. The number of nitrogens with zero attached hydrogens (tertiary/aromatic N) is 5. The third-order valence-corrected chi connectivity index (χ3v) is 5.60. The largest absolute Gasteiger partial charge is 0.355 e. The van der Waals surface area contributed by atoms with Crippen LogP contribution in [0.3, 0.4) is 0 Å². The van der Waals surface area contributed by atoms with Crippen LogP contribution < -0.4 is 9.70 Å². The summed E-state index contributed by atoms with van der Waals surface area (Å²) in [5.74, 6) is 0.203. The van der Waals surface area contributed by atoms with Crippen molar-refractivity contribution in [1.29, 1.82) is 0 Å². The summed E-state index contributed by atoms with van der Waals surface area (Å²) in [6.45, 7) is 1.78. The number of amides is 1. The maximum absolute atomic E-state index is 13.9. The van der Waals surface area contributed by atoms with Crippen LogP contribution in [0.1, 0.15) is 18.4 Å². The van der Waals surface area contributed by atoms with E-state index in [2.05, 4.69) is 19.9 Å². The van der Waals surface area contributed by atoms with E-state index in [1.165, 1.54) is 17.4 Å². The van der Waals surface area contributed by atoms with Crippen LogP contribution in [0, 0.1) is 11.7 Å². The Kier molecular flexibility index (Phi) is 5.57. The molecule has 2 aromatic heterocycles. The molecule has 1 unspecified atom stereocenters. The zero-order chi connectivity index (χ0) is 19.3. The minimum atomic E-state index is -0.259. The summed E-state index contributed by atoms with van der Waals surface area (Å²) in [7, 11) is 0. The summed E-state index contributed by atoms with van der Waals surface area (Å²) < 4.78 is 15.8. The fourth-order valence-corrected chi connectivity index (χ4v) is 4.08. The Labute approximate surface area is 166 Å². The average molecular weight is 397 g/mol. The standard InChI is InChI=1S/C20H20FN5OS/c21-17-6-2-1-4-15(17)13-26-10-11-28-20(26)24-19(27)16-5-3-9-25(14-16)18-12-22-7-8-23-18/h1-2,4,6-8,10-12,16H,3,5,9,13-14H2. The van der Waals surface area contributed by atoms with Gasteiger partial charge in [-0.2, -0.15) is 4.99 Å². The summed E-state index contributed by atoms with van der Waals surface area (Å²) in [4.78, 5) is 28.3. The first-order valence-electron chi connectivity index (χ1n) is 9.17. The predicted octanol–water partition coefficient (Wildman–Crippen LogP) is 2.87. The molecule has 1 aliphatic heterocycles. The summed E-state index contributed by atoms with van der Waals surface area (Å²) in [5.41, 5.74) is 0.571. The summed E-state index contributed by atoms with van der Waals surface area (Å²) in [6.07, 6.45) is 8.54. The van der Waals surface area contributed by atoms with Crippen molar-refractivity contribution >= 4 is 23.1 Å². The van der Waals surface area contributed by atoms with Gasteiger partial charge in [0.2, 0.25) is 0 Å². The number of benzene rings is 1. The first-order chi connectivity index (χ1) is 13.7. The molecule has 6 nitrogen and oxygen atoms in total. The lowest BCUT2D eigenvalue weighted by molar-refractivity contribution is -0.122. The topological polar surface area (TPSA) is 63.4 Å². The third-order valence-electron chi connectivity index (χ3n) is 4.81. The minimum Gasteiger partial charge on any atom is -0.355 e. The van der Waals surface area contributed by atoms with E-state index in [-0.39, 0.29) is 17.6 Å². The van der Waals surface area contributed by atoms with E-state index in [0.717, 1.165) is 25.2 Å². The van der Waals surface area contributed by atoms with Crippen LogP contribution in [0.2, 0.25) is 0 Å². The van der Waals surface area contributed by atoms with Crippen molar-refractivity contribution in [2.24, 2.45) is 10.9 Å². The number of hydrogen-bond donors (Lipinski definition) is 0. The van der Waals surface area contributed by atoms with E-state index < -0.39 is 0 Å². The number of hydrogen-bond acceptors (Lipinski definition) is 5. The van der Waals surface area contributed by atoms with Gasteiger partial charge in [-0.3, -0.25) is 9.78 Å². The molecule has 0 N–H and O–H groups in total. The molecule has 1 saturated heterocycles. The van der Waals surface area contributed by atoms with Gasteiger partial charge in [-0.1, -0.05) is 18.2 Å². The van der Waals surface area contributed by atoms with Crippen molar-refractivity contribution in [2.45, 2.75) is 19.4 Å². The highest BCUT2D eigenvalue weighted by Crippen LogP contribution is 2.21. The second-order valence-electron chi connectivity index (χ2n) is 6.70. The van der Waals surface area contributed by atoms with Gasteiger partial charge in [0.25, 0.3) is 5.91 Å². The van der Waals surface area contributed by atoms with Gasteiger partial charge in [-0.25, -0.2) is 9.37 Å². The number of rotatable bonds is 4. The lowest BCUT2D eigenvalue weighted by Crippen LogP contribution is -2.39. The van der Waals surface area contributed by atoms with Gasteiger partial charge < -0.3 is 9.47 Å². The maximum Gasteiger partial charge on any atom is 0.253 e. The zero-order valence-electron chi connectivity index (χ0n) is 15.2. The van der Waals surface area contributed by atoms with Crippen LogP contribution >= 0.6 is 11.3 Å². The van der Waals surface area contributed by atoms with Crippen LogP contribution in [-0.4, -0.2) is 33.5 Å². The first-order valence-corrected chi connectivity index (χ1v) is 10.1. The maximum atomic E-state index is 13.9. The second-order valence-corrected chi connectivity index (χ2v) is 7.58. The van der Waals surface area contributed by atoms with Gasteiger partial charge in [0, 0.05) is 42.6 Å². The Balaban J connectivity index is 1.51. The molecule has 144 valence electrons. The Morgan fingerprint density at radius 2 is 2.21 bits per heavy atom. The van der Waals surface area contributed by atoms with Gasteiger partial charge in [0.05, 0.1) is 18.7 Å². The monoisotopic (exact) mass is 397 g/mol. The van der Waals surface area contributed by atoms with Gasteiger partial charge in [0.1, 0.15) is 11.6 Å². The number of anilines is 1. The number of carbonyl (C=O) groups excluding carboxylic acids is 1. The van der Waals surface area contributed by atoms with Crippen LogP contribution in [-0.2, 0) is 11.3 Å². The van der Waals surface area contributed by atoms with Crippen molar-refractivity contribution in [3.8, 4) is 0 Å². The molecule has 0 bridgehead atoms. The average Bonchev–Trinajstić information content (AvgIpc) is 3.17. The summed E-state index contributed by atoms with van der Waals surface area (Å²) in [6, 6.07) is 6.65. The van der Waals surface area contributed by atoms with Crippen LogP contribution in [0.25, 0.3) is 0 Å². The Hall–Kier alpha value is -2.87. The number of carbonyl (C=O) groups is 1. The molecule has 1 fully saturated rings. The number of halogens is 1. The molecular weight excluding hydrogens is 377 g/mol. The summed E-state index contributed by atoms with van der Waals surface area (Å²) >= 11 is 1.38. The van der Waals surface area contributed by atoms with E-state index in [0.29, 0.717) is 23.5 Å². The van der Waals surface area contributed by atoms with Gasteiger partial charge >= 0.3 is 0 Å². The predicted molar refractivity (Wildman–Crippen MR) is 105 cm³/mol. The van der Waals surface area contributed by atoms with E-state index in [9.17, 15) is 9.18 Å². The molecule has 0 spiro atoms. The molecule has 4 rings (SSSR count). The number of piperidine rings is 1. The molecule has 1 aliphatic rings. The van der Waals surface area contributed by atoms with Gasteiger partial charge in [-0.15, -0.1) is 11.3 Å². The molecule has 3 aromatic rings. The zero-order valence-corrected chi connectivity index (χ0v) is 16.1. The van der Waals surface area contributed by atoms with Gasteiger partial charge in [0.15, 0.2) is 4.80 Å². The normalized spacial score (nSPS) is 17.7. The van der Waals surface area contributed by atoms with E-state index >= 15 is 0 Å². The molecule has 0 radical (unpaired) electrons. The van der Waals surface area contributed by atoms with Crippen molar-refractivity contribution in [2.75, 3.05) is 18.0 Å². The molecule has 1 aromatic carbocycles. The first kappa shape index (κ1) is 18.5. The minimum absolute atomic E-state index is 0.140. The highest BCUT2D eigenvalue weighted by molar-refractivity contribution is 7.07. The number of thiazole rings is 1. The van der Waals surface area contributed by atoms with Crippen LogP contribution in [0.4, 0.5) is 10.2 Å². The highest BCUT2D eigenvalue weighted by Gasteiger charge is 2.26. The highest BCUT2D eigenvalue weighted by atomic mass is 32.1. The van der Waals surface area contributed by atoms with Gasteiger partial charge in [-0.05, 0) is 18.9 Å². The Bertz CT molecular complexity index is 1020. The molecule has 1 atom stereocenters. The quantitative estimate of drug-likeness (QED) is 0.679. The van der Waals surface area contributed by atoms with Crippen molar-refractivity contribution in [3.05, 3.63) is 70.6 Å². The molecular formula is C20H20FN5OS. The van der Waals surface area contributed by atoms with E-state index in [1.54, 1.807) is 36.8 Å². The van der Waals surface area contributed by atoms with Crippen LogP contribution in [0.15, 0.2) is 59.4 Å². The summed E-state index contributed by atoms with van der Waals surface area (Å²) in [5, 5.41) is 1.86. The molecule has 3 heterocycles. The molecule has 1 amide bonds. The molecule has 0 aliphatic carbocycles. The fraction of sp³-hybridized carbons (Fsp3) is 0.300. The Morgan fingerprint density at radius 1 is 1.32 bits per heavy atom. The SMILES string of the molecule is O=C(N=c1sccn1Cc1ccccc1F)C1CCCN(c2cnccn2)C1. The van der Waals surface area contributed by atoms with E-state index in [4.69, 9.17) is 0 Å². The fourth-order valence-electron chi connectivity index (χ4n) is 3.34. The second kappa shape index (κ2) is 8.43.